The maximum atomic E-state index is 12.3. The first-order valence-corrected chi connectivity index (χ1v) is 11.7. The van der Waals surface area contributed by atoms with Crippen molar-refractivity contribution < 1.29 is 29.0 Å². The average Bonchev–Trinajstić information content (AvgIpc) is 3.54. The van der Waals surface area contributed by atoms with Gasteiger partial charge in [0.15, 0.2) is 0 Å². The van der Waals surface area contributed by atoms with E-state index in [0.29, 0.717) is 19.6 Å². The Hall–Kier alpha value is -3.39. The maximum Gasteiger partial charge on any atom is 0.407 e. The minimum absolute atomic E-state index is 0.00156. The van der Waals surface area contributed by atoms with Gasteiger partial charge in [-0.05, 0) is 41.5 Å². The van der Waals surface area contributed by atoms with Gasteiger partial charge in [-0.1, -0.05) is 48.5 Å². The number of amides is 2. The molecule has 1 fully saturated rings. The van der Waals surface area contributed by atoms with Gasteiger partial charge in [0.2, 0.25) is 5.91 Å². The van der Waals surface area contributed by atoms with Gasteiger partial charge in [0.1, 0.15) is 6.61 Å². The first-order valence-electron chi connectivity index (χ1n) is 11.7. The zero-order chi connectivity index (χ0) is 24.1. The Morgan fingerprint density at radius 1 is 1.03 bits per heavy atom. The topological polar surface area (TPSA) is 114 Å². The molecule has 180 valence electrons. The molecule has 1 saturated carbocycles. The van der Waals surface area contributed by atoms with Crippen LogP contribution in [0.1, 0.15) is 36.8 Å². The van der Waals surface area contributed by atoms with Gasteiger partial charge in [-0.2, -0.15) is 0 Å². The summed E-state index contributed by atoms with van der Waals surface area (Å²) in [5.74, 6) is -1.26. The number of benzene rings is 2. The van der Waals surface area contributed by atoms with Gasteiger partial charge < -0.3 is 25.2 Å². The van der Waals surface area contributed by atoms with Crippen LogP contribution in [0, 0.1) is 11.8 Å². The highest BCUT2D eigenvalue weighted by Crippen LogP contribution is 2.44. The molecule has 1 unspecified atom stereocenters. The van der Waals surface area contributed by atoms with Crippen LogP contribution in [-0.2, 0) is 19.1 Å². The van der Waals surface area contributed by atoms with Crippen LogP contribution in [-0.4, -0.2) is 55.5 Å². The third-order valence-corrected chi connectivity index (χ3v) is 6.42. The number of nitrogens with one attached hydrogen (secondary N) is 2. The van der Waals surface area contributed by atoms with Crippen molar-refractivity contribution in [3.8, 4) is 11.1 Å². The van der Waals surface area contributed by atoms with E-state index >= 15 is 0 Å². The van der Waals surface area contributed by atoms with Crippen LogP contribution in [0.25, 0.3) is 11.1 Å². The third-order valence-electron chi connectivity index (χ3n) is 6.42. The lowest BCUT2D eigenvalue weighted by atomic mass is 9.98. The molecule has 3 atom stereocenters. The number of alkyl carbamates (subject to hydrolysis) is 1. The number of fused-ring (bicyclic) bond motifs is 3. The zero-order valence-electron chi connectivity index (χ0n) is 19.2. The molecule has 0 aliphatic heterocycles. The van der Waals surface area contributed by atoms with Crippen molar-refractivity contribution in [3.63, 3.8) is 0 Å². The van der Waals surface area contributed by atoms with Gasteiger partial charge in [0.05, 0.1) is 12.5 Å². The van der Waals surface area contributed by atoms with Crippen LogP contribution in [0.15, 0.2) is 48.5 Å². The highest BCUT2D eigenvalue weighted by atomic mass is 16.5. The molecular weight excluding hydrogens is 436 g/mol. The Morgan fingerprint density at radius 2 is 1.68 bits per heavy atom. The smallest absolute Gasteiger partial charge is 0.407 e. The highest BCUT2D eigenvalue weighted by Gasteiger charge is 2.43. The van der Waals surface area contributed by atoms with Crippen molar-refractivity contribution >= 4 is 18.0 Å². The number of aliphatic carboxylic acids is 1. The minimum Gasteiger partial charge on any atom is -0.481 e. The lowest BCUT2D eigenvalue weighted by Gasteiger charge is -2.16. The second-order valence-electron chi connectivity index (χ2n) is 8.73. The van der Waals surface area contributed by atoms with E-state index < -0.39 is 18.2 Å². The second-order valence-corrected chi connectivity index (χ2v) is 8.73. The molecule has 0 bridgehead atoms. The number of rotatable bonds is 11. The number of hydrogen-bond acceptors (Lipinski definition) is 5. The molecule has 2 aliphatic carbocycles. The minimum atomic E-state index is -0.968. The van der Waals surface area contributed by atoms with E-state index in [1.54, 1.807) is 6.92 Å². The Bertz CT molecular complexity index is 1010. The van der Waals surface area contributed by atoms with E-state index in [9.17, 15) is 14.4 Å². The van der Waals surface area contributed by atoms with Crippen LogP contribution >= 0.6 is 0 Å². The summed E-state index contributed by atoms with van der Waals surface area (Å²) < 4.78 is 10.9. The van der Waals surface area contributed by atoms with Crippen molar-refractivity contribution in [1.29, 1.82) is 0 Å². The summed E-state index contributed by atoms with van der Waals surface area (Å²) in [6, 6.07) is 16.3. The van der Waals surface area contributed by atoms with E-state index in [1.165, 1.54) is 11.1 Å². The van der Waals surface area contributed by atoms with Crippen molar-refractivity contribution in [3.05, 3.63) is 59.7 Å². The predicted molar refractivity (Wildman–Crippen MR) is 125 cm³/mol. The maximum absolute atomic E-state index is 12.3. The van der Waals surface area contributed by atoms with Gasteiger partial charge in [-0.3, -0.25) is 9.59 Å². The van der Waals surface area contributed by atoms with Crippen molar-refractivity contribution in [2.45, 2.75) is 31.8 Å². The number of carbonyl (C=O) groups excluding carboxylic acids is 2. The molecule has 3 N–H and O–H groups in total. The fourth-order valence-corrected chi connectivity index (χ4v) is 4.62. The molecule has 2 amide bonds. The SMILES string of the molecule is CCOC(CNC(=O)[C@H]1C[C@H]1CNC(=O)OCC1c2ccccc2-c2ccccc21)CC(=O)O. The van der Waals surface area contributed by atoms with Crippen LogP contribution in [0.5, 0.6) is 0 Å². The Morgan fingerprint density at radius 3 is 2.29 bits per heavy atom. The molecule has 8 heteroatoms. The van der Waals surface area contributed by atoms with Gasteiger partial charge in [0, 0.05) is 31.5 Å². The standard InChI is InChI=1S/C26H30N2O6/c1-2-33-17(12-24(29)30)14-27-25(31)22-11-16(22)13-28-26(32)34-15-23-20-9-5-3-7-18(20)19-8-4-6-10-21(19)23/h3-10,16-17,22-23H,2,11-15H2,1H3,(H,27,31)(H,28,32)(H,29,30)/t16-,17?,22-/m0/s1. The van der Waals surface area contributed by atoms with Crippen LogP contribution in [0.3, 0.4) is 0 Å². The van der Waals surface area contributed by atoms with Crippen LogP contribution < -0.4 is 10.6 Å². The Kier molecular flexibility index (Phi) is 7.47. The lowest BCUT2D eigenvalue weighted by molar-refractivity contribution is -0.140. The van der Waals surface area contributed by atoms with Gasteiger partial charge in [-0.15, -0.1) is 0 Å². The molecule has 0 heterocycles. The third kappa shape index (κ3) is 5.56. The molecule has 0 aromatic heterocycles. The summed E-state index contributed by atoms with van der Waals surface area (Å²) in [5, 5.41) is 14.5. The fourth-order valence-electron chi connectivity index (χ4n) is 4.62. The Balaban J connectivity index is 1.20. The molecule has 2 aromatic carbocycles. The number of hydrogen-bond donors (Lipinski definition) is 3. The van der Waals surface area contributed by atoms with E-state index in [4.69, 9.17) is 14.6 Å². The zero-order valence-corrected chi connectivity index (χ0v) is 19.2. The summed E-state index contributed by atoms with van der Waals surface area (Å²) in [6.07, 6.45) is -0.535. The van der Waals surface area contributed by atoms with Crippen LogP contribution in [0.4, 0.5) is 4.79 Å². The fraction of sp³-hybridized carbons (Fsp3) is 0.423. The quantitative estimate of drug-likeness (QED) is 0.469. The van der Waals surface area contributed by atoms with Crippen molar-refractivity contribution in [1.82, 2.24) is 10.6 Å². The molecule has 8 nitrogen and oxygen atoms in total. The normalized spacial score (nSPS) is 19.0. The van der Waals surface area contributed by atoms with Crippen molar-refractivity contribution in [2.24, 2.45) is 11.8 Å². The largest absolute Gasteiger partial charge is 0.481 e. The number of carboxylic acids is 1. The van der Waals surface area contributed by atoms with Gasteiger partial charge in [0.25, 0.3) is 0 Å². The van der Waals surface area contributed by atoms with Crippen molar-refractivity contribution in [2.75, 3.05) is 26.3 Å². The summed E-state index contributed by atoms with van der Waals surface area (Å²) >= 11 is 0. The molecule has 2 aliphatic rings. The predicted octanol–water partition coefficient (Wildman–Crippen LogP) is 3.16. The van der Waals surface area contributed by atoms with E-state index in [-0.39, 0.29) is 43.2 Å². The summed E-state index contributed by atoms with van der Waals surface area (Å²) in [6.45, 7) is 2.92. The summed E-state index contributed by atoms with van der Waals surface area (Å²) in [5.41, 5.74) is 4.66. The molecule has 0 saturated heterocycles. The average molecular weight is 467 g/mol. The first kappa shape index (κ1) is 23.8. The monoisotopic (exact) mass is 466 g/mol. The molecule has 34 heavy (non-hydrogen) atoms. The first-order chi connectivity index (χ1) is 16.5. The molecule has 0 radical (unpaired) electrons. The summed E-state index contributed by atoms with van der Waals surface area (Å²) in [4.78, 5) is 35.5. The van der Waals surface area contributed by atoms with E-state index in [1.807, 2.05) is 24.3 Å². The molecule has 2 aromatic rings. The lowest BCUT2D eigenvalue weighted by Crippen LogP contribution is -2.36. The van der Waals surface area contributed by atoms with Crippen LogP contribution in [0.2, 0.25) is 0 Å². The number of ether oxygens (including phenoxy) is 2. The second kappa shape index (κ2) is 10.7. The van der Waals surface area contributed by atoms with E-state index in [2.05, 4.69) is 34.9 Å². The highest BCUT2D eigenvalue weighted by molar-refractivity contribution is 5.82. The van der Waals surface area contributed by atoms with E-state index in [0.717, 1.165) is 11.1 Å². The number of carbonyl (C=O) groups is 3. The summed E-state index contributed by atoms with van der Waals surface area (Å²) in [7, 11) is 0. The van der Waals surface area contributed by atoms with Gasteiger partial charge in [-0.25, -0.2) is 4.79 Å². The molecule has 0 spiro atoms. The number of carboxylic acid groups (broad SMARTS) is 1. The van der Waals surface area contributed by atoms with Gasteiger partial charge >= 0.3 is 12.1 Å². The molecular formula is C26H30N2O6. The molecule has 4 rings (SSSR count). The Labute approximate surface area is 198 Å².